The lowest BCUT2D eigenvalue weighted by atomic mass is 10.2. The minimum atomic E-state index is -3.71. The molecule has 1 aliphatic rings. The van der Waals surface area contributed by atoms with Gasteiger partial charge >= 0.3 is 0 Å². The zero-order chi connectivity index (χ0) is 21.6. The molecule has 4 aromatic rings. The van der Waals surface area contributed by atoms with Gasteiger partial charge in [0.1, 0.15) is 11.5 Å². The van der Waals surface area contributed by atoms with Crippen molar-refractivity contribution >= 4 is 21.9 Å². The van der Waals surface area contributed by atoms with E-state index in [1.165, 1.54) is 0 Å². The van der Waals surface area contributed by atoms with Crippen LogP contribution in [0.25, 0.3) is 17.0 Å². The van der Waals surface area contributed by atoms with Gasteiger partial charge in [-0.25, -0.2) is 0 Å². The first-order valence-electron chi connectivity index (χ1n) is 9.90. The van der Waals surface area contributed by atoms with Crippen molar-refractivity contribution < 1.29 is 13.3 Å². The van der Waals surface area contributed by atoms with E-state index in [0.717, 1.165) is 11.4 Å². The van der Waals surface area contributed by atoms with Crippen LogP contribution in [0.5, 0.6) is 0 Å². The Bertz CT molecular complexity index is 1270. The quantitative estimate of drug-likeness (QED) is 0.469. The van der Waals surface area contributed by atoms with Gasteiger partial charge in [0.05, 0.1) is 6.04 Å². The average Bonchev–Trinajstić information content (AvgIpc) is 3.46. The predicted molar refractivity (Wildman–Crippen MR) is 113 cm³/mol. The van der Waals surface area contributed by atoms with E-state index in [9.17, 15) is 8.76 Å². The molecule has 11 heteroatoms. The Hall–Kier alpha value is -3.15. The summed E-state index contributed by atoms with van der Waals surface area (Å²) in [6.45, 7) is 4.40. The number of sulfonamides is 1. The molecule has 31 heavy (non-hydrogen) atoms. The van der Waals surface area contributed by atoms with Gasteiger partial charge in [0.2, 0.25) is 4.90 Å². The Kier molecular flexibility index (Phi) is 4.80. The van der Waals surface area contributed by atoms with E-state index in [1.807, 2.05) is 42.5 Å². The maximum atomic E-state index is 12.8. The lowest BCUT2D eigenvalue weighted by Crippen LogP contribution is -2.41. The number of hydrogen-bond acceptors (Lipinski definition) is 8. The van der Waals surface area contributed by atoms with Crippen LogP contribution in [0.3, 0.4) is 0 Å². The lowest BCUT2D eigenvalue weighted by Gasteiger charge is -2.20. The standard InChI is InChI=1S/C20H21N7O3S/c1-13-19(14(2)30-24-13)31(28,29)25-16-10-11-26(12-16)18-9-8-17-21-22-20(27(17)23-18)15-6-4-3-5-7-15/h3-9,16H,10-12H2,1-2H3,(H-,25,28,29). The summed E-state index contributed by atoms with van der Waals surface area (Å²) in [5, 5.41) is 16.9. The molecule has 0 spiro atoms. The molecule has 10 nitrogen and oxygen atoms in total. The van der Waals surface area contributed by atoms with Gasteiger partial charge < -0.3 is 14.0 Å². The number of nitrogens with one attached hydrogen (secondary N) is 1. The van der Waals surface area contributed by atoms with E-state index in [4.69, 9.17) is 9.62 Å². The van der Waals surface area contributed by atoms with E-state index in [2.05, 4.69) is 25.0 Å². The van der Waals surface area contributed by atoms with Crippen LogP contribution in [0, 0.1) is 13.8 Å². The minimum absolute atomic E-state index is 0.113. The van der Waals surface area contributed by atoms with E-state index in [1.54, 1.807) is 18.4 Å². The Balaban J connectivity index is 1.37. The summed E-state index contributed by atoms with van der Waals surface area (Å²) in [6.07, 6.45) is 0.663. The van der Waals surface area contributed by atoms with Gasteiger partial charge in [-0.2, -0.15) is 4.52 Å². The molecule has 1 saturated heterocycles. The second-order valence-electron chi connectivity index (χ2n) is 7.56. The predicted octanol–water partition coefficient (Wildman–Crippen LogP) is 2.17. The highest BCUT2D eigenvalue weighted by molar-refractivity contribution is 7.95. The summed E-state index contributed by atoms with van der Waals surface area (Å²) >= 11 is 0. The van der Waals surface area contributed by atoms with Gasteiger partial charge in [0.15, 0.2) is 27.6 Å². The first-order valence-corrected chi connectivity index (χ1v) is 11.4. The topological polar surface area (TPSA) is 125 Å². The van der Waals surface area contributed by atoms with Gasteiger partial charge in [0.25, 0.3) is 0 Å². The molecule has 3 aromatic heterocycles. The van der Waals surface area contributed by atoms with Gasteiger partial charge in [-0.15, -0.1) is 20.0 Å². The fourth-order valence-corrected chi connectivity index (χ4v) is 5.51. The van der Waals surface area contributed by atoms with E-state index in [0.29, 0.717) is 36.7 Å². The van der Waals surface area contributed by atoms with Crippen molar-refractivity contribution in [3.63, 3.8) is 0 Å². The molecule has 2 unspecified atom stereocenters. The highest BCUT2D eigenvalue weighted by Crippen LogP contribution is 2.26. The number of anilines is 1. The highest BCUT2D eigenvalue weighted by atomic mass is 32.3. The summed E-state index contributed by atoms with van der Waals surface area (Å²) in [7, 11) is -3.71. The third-order valence-electron chi connectivity index (χ3n) is 5.35. The smallest absolute Gasteiger partial charge is 0.240 e. The molecule has 0 bridgehead atoms. The largest absolute Gasteiger partial charge is 0.593 e. The van der Waals surface area contributed by atoms with Gasteiger partial charge in [-0.1, -0.05) is 39.7 Å². The number of benzene rings is 1. The molecule has 0 amide bonds. The van der Waals surface area contributed by atoms with Crippen LogP contribution in [0.15, 0.2) is 51.9 Å². The second-order valence-corrected chi connectivity index (χ2v) is 9.21. The van der Waals surface area contributed by atoms with E-state index in [-0.39, 0.29) is 16.7 Å². The molecule has 4 heterocycles. The summed E-state index contributed by atoms with van der Waals surface area (Å²) in [6, 6.07) is 13.2. The van der Waals surface area contributed by atoms with Crippen LogP contribution < -0.4 is 9.62 Å². The molecule has 2 atom stereocenters. The molecule has 1 N–H and O–H groups in total. The maximum absolute atomic E-state index is 12.8. The molecule has 0 saturated carbocycles. The Morgan fingerprint density at radius 2 is 1.97 bits per heavy atom. The fourth-order valence-electron chi connectivity index (χ4n) is 3.92. The van der Waals surface area contributed by atoms with Crippen molar-refractivity contribution in [1.82, 2.24) is 29.7 Å². The average molecular weight is 440 g/mol. The SMILES string of the molecule is Cc1noc(C)c1[S+](=O)([O-])NC1CCN(c2ccc3nnc(-c4ccccc4)n3n2)C1. The molecule has 0 radical (unpaired) electrons. The van der Waals surface area contributed by atoms with Crippen molar-refractivity contribution in [2.45, 2.75) is 31.2 Å². The van der Waals surface area contributed by atoms with E-state index < -0.39 is 10.4 Å². The number of nitrogens with zero attached hydrogens (tertiary/aromatic N) is 6. The first-order chi connectivity index (χ1) is 14.9. The van der Waals surface area contributed by atoms with Crippen LogP contribution in [0.1, 0.15) is 17.9 Å². The lowest BCUT2D eigenvalue weighted by molar-refractivity contribution is 0.389. The third kappa shape index (κ3) is 3.60. The minimum Gasteiger partial charge on any atom is -0.593 e. The van der Waals surface area contributed by atoms with Gasteiger partial charge in [0, 0.05) is 25.6 Å². The molecule has 1 aliphatic heterocycles. The normalized spacial score (nSPS) is 18.5. The molecule has 1 aromatic carbocycles. The Labute approximate surface area is 179 Å². The Morgan fingerprint density at radius 1 is 1.16 bits per heavy atom. The maximum Gasteiger partial charge on any atom is 0.240 e. The summed E-state index contributed by atoms with van der Waals surface area (Å²) in [5.74, 6) is 1.68. The van der Waals surface area contributed by atoms with Crippen molar-refractivity contribution in [3.05, 3.63) is 53.9 Å². The van der Waals surface area contributed by atoms with Crippen molar-refractivity contribution in [2.75, 3.05) is 18.0 Å². The number of fused-ring (bicyclic) bond motifs is 1. The third-order valence-corrected chi connectivity index (χ3v) is 7.12. The van der Waals surface area contributed by atoms with Crippen LogP contribution in [0.4, 0.5) is 5.82 Å². The zero-order valence-electron chi connectivity index (χ0n) is 17.1. The van der Waals surface area contributed by atoms with Crippen LogP contribution in [-0.2, 0) is 14.6 Å². The number of aryl methyl sites for hydroxylation is 2. The monoisotopic (exact) mass is 439 g/mol. The second kappa shape index (κ2) is 7.52. The molecule has 1 fully saturated rings. The molecule has 0 aliphatic carbocycles. The summed E-state index contributed by atoms with van der Waals surface area (Å²) in [5.41, 5.74) is 1.93. The molecular formula is C20H21N7O3S. The fraction of sp³-hybridized carbons (Fsp3) is 0.300. The van der Waals surface area contributed by atoms with Gasteiger partial charge in [-0.3, -0.25) is 0 Å². The van der Waals surface area contributed by atoms with Gasteiger partial charge in [-0.05, 0) is 25.5 Å². The van der Waals surface area contributed by atoms with Crippen molar-refractivity contribution in [3.8, 4) is 11.4 Å². The first kappa shape index (κ1) is 19.8. The molecule has 5 rings (SSSR count). The Morgan fingerprint density at radius 3 is 2.71 bits per heavy atom. The highest BCUT2D eigenvalue weighted by Gasteiger charge is 2.35. The summed E-state index contributed by atoms with van der Waals surface area (Å²) < 4.78 is 35.1. The zero-order valence-corrected chi connectivity index (χ0v) is 17.9. The van der Waals surface area contributed by atoms with Crippen molar-refractivity contribution in [1.29, 1.82) is 0 Å². The number of aromatic nitrogens is 5. The number of rotatable bonds is 5. The van der Waals surface area contributed by atoms with Crippen LogP contribution >= 0.6 is 0 Å². The van der Waals surface area contributed by atoms with Crippen molar-refractivity contribution in [2.24, 2.45) is 0 Å². The van der Waals surface area contributed by atoms with Crippen LogP contribution in [0.2, 0.25) is 0 Å². The number of hydrogen-bond donors (Lipinski definition) is 1. The van der Waals surface area contributed by atoms with E-state index >= 15 is 0 Å². The summed E-state index contributed by atoms with van der Waals surface area (Å²) in [4.78, 5) is 2.16. The molecule has 160 valence electrons. The molecular weight excluding hydrogens is 418 g/mol. The van der Waals surface area contributed by atoms with Crippen LogP contribution in [-0.4, -0.2) is 48.7 Å².